The molecule has 2 aliphatic rings. The molecule has 136 valence electrons. The number of ether oxygens (including phenoxy) is 1. The van der Waals surface area contributed by atoms with Gasteiger partial charge in [0.25, 0.3) is 5.91 Å². The van der Waals surface area contributed by atoms with Gasteiger partial charge in [-0.15, -0.1) is 0 Å². The summed E-state index contributed by atoms with van der Waals surface area (Å²) in [5, 5.41) is 0. The predicted octanol–water partition coefficient (Wildman–Crippen LogP) is 3.09. The van der Waals surface area contributed by atoms with E-state index in [9.17, 15) is 9.59 Å². The molecule has 3 rings (SSSR count). The lowest BCUT2D eigenvalue weighted by molar-refractivity contribution is 0.00313. The molecular weight excluding hydrogens is 318 g/mol. The minimum absolute atomic E-state index is 0.0259. The van der Waals surface area contributed by atoms with Crippen LogP contribution in [0.1, 0.15) is 55.8 Å². The number of hydrogen-bond acceptors (Lipinski definition) is 4. The number of aromatic nitrogens is 1. The molecule has 1 aromatic rings. The van der Waals surface area contributed by atoms with Gasteiger partial charge in [-0.25, -0.2) is 4.79 Å². The number of amides is 2. The van der Waals surface area contributed by atoms with Crippen LogP contribution in [0.15, 0.2) is 24.5 Å². The zero-order valence-electron chi connectivity index (χ0n) is 14.9. The number of rotatable bonds is 6. The Kier molecular flexibility index (Phi) is 5.56. The van der Waals surface area contributed by atoms with Crippen molar-refractivity contribution in [1.82, 2.24) is 14.8 Å². The molecule has 0 radical (unpaired) electrons. The molecule has 0 N–H and O–H groups in total. The van der Waals surface area contributed by atoms with Gasteiger partial charge in [0.1, 0.15) is 5.60 Å². The van der Waals surface area contributed by atoms with Crippen LogP contribution in [0.3, 0.4) is 0 Å². The lowest BCUT2D eigenvalue weighted by Gasteiger charge is -2.37. The Balaban J connectivity index is 1.51. The van der Waals surface area contributed by atoms with E-state index < -0.39 is 5.60 Å². The maximum atomic E-state index is 12.5. The summed E-state index contributed by atoms with van der Waals surface area (Å²) in [7, 11) is 0. The van der Waals surface area contributed by atoms with Crippen LogP contribution in [0.5, 0.6) is 0 Å². The van der Waals surface area contributed by atoms with Crippen LogP contribution >= 0.6 is 0 Å². The maximum absolute atomic E-state index is 12.5. The lowest BCUT2D eigenvalue weighted by atomic mass is 9.91. The van der Waals surface area contributed by atoms with Crippen molar-refractivity contribution < 1.29 is 14.3 Å². The Morgan fingerprint density at radius 1 is 1.20 bits per heavy atom. The molecule has 0 bridgehead atoms. The van der Waals surface area contributed by atoms with Crippen LogP contribution in [0.4, 0.5) is 4.79 Å². The topological polar surface area (TPSA) is 62.7 Å². The SMILES string of the molecule is CCCCCCN1CC2(CCN(C(=O)c3ccncc3)CC2)OC1=O. The summed E-state index contributed by atoms with van der Waals surface area (Å²) in [5.74, 6) is 0.0259. The lowest BCUT2D eigenvalue weighted by Crippen LogP contribution is -2.48. The molecule has 2 amide bonds. The van der Waals surface area contributed by atoms with Gasteiger partial charge in [-0.2, -0.15) is 0 Å². The summed E-state index contributed by atoms with van der Waals surface area (Å²) in [6.07, 6.45) is 9.08. The average Bonchev–Trinajstić information content (AvgIpc) is 2.95. The van der Waals surface area contributed by atoms with Crippen molar-refractivity contribution in [1.29, 1.82) is 0 Å². The molecule has 2 fully saturated rings. The smallest absolute Gasteiger partial charge is 0.410 e. The van der Waals surface area contributed by atoms with Crippen LogP contribution in [0, 0.1) is 0 Å². The van der Waals surface area contributed by atoms with Crippen LogP contribution in [-0.4, -0.2) is 58.6 Å². The predicted molar refractivity (Wildman–Crippen MR) is 94.3 cm³/mol. The quantitative estimate of drug-likeness (QED) is 0.743. The average molecular weight is 345 g/mol. The Morgan fingerprint density at radius 2 is 1.92 bits per heavy atom. The number of nitrogens with zero attached hydrogens (tertiary/aromatic N) is 3. The van der Waals surface area contributed by atoms with Gasteiger partial charge in [0, 0.05) is 50.4 Å². The third kappa shape index (κ3) is 4.11. The van der Waals surface area contributed by atoms with E-state index in [1.54, 1.807) is 24.5 Å². The first-order chi connectivity index (χ1) is 12.1. The largest absolute Gasteiger partial charge is 0.441 e. The molecule has 6 nitrogen and oxygen atoms in total. The molecule has 0 aliphatic carbocycles. The van der Waals surface area contributed by atoms with Gasteiger partial charge in [0.05, 0.1) is 6.54 Å². The number of carbonyl (C=O) groups excluding carboxylic acids is 2. The Bertz CT molecular complexity index is 597. The van der Waals surface area contributed by atoms with E-state index in [2.05, 4.69) is 11.9 Å². The van der Waals surface area contributed by atoms with Gasteiger partial charge < -0.3 is 14.5 Å². The molecule has 3 heterocycles. The minimum Gasteiger partial charge on any atom is -0.441 e. The van der Waals surface area contributed by atoms with Gasteiger partial charge in [-0.05, 0) is 18.6 Å². The van der Waals surface area contributed by atoms with Crippen molar-refractivity contribution in [3.8, 4) is 0 Å². The highest BCUT2D eigenvalue weighted by Gasteiger charge is 2.47. The Labute approximate surface area is 149 Å². The monoisotopic (exact) mass is 345 g/mol. The first-order valence-electron chi connectivity index (χ1n) is 9.31. The minimum atomic E-state index is -0.406. The zero-order chi connectivity index (χ0) is 17.7. The summed E-state index contributed by atoms with van der Waals surface area (Å²) >= 11 is 0. The van der Waals surface area contributed by atoms with Gasteiger partial charge in [-0.3, -0.25) is 9.78 Å². The Morgan fingerprint density at radius 3 is 2.60 bits per heavy atom. The van der Waals surface area contributed by atoms with E-state index in [0.29, 0.717) is 38.0 Å². The highest BCUT2D eigenvalue weighted by molar-refractivity contribution is 5.94. The van der Waals surface area contributed by atoms with Crippen LogP contribution < -0.4 is 0 Å². The zero-order valence-corrected chi connectivity index (χ0v) is 14.9. The van der Waals surface area contributed by atoms with Crippen molar-refractivity contribution in [2.24, 2.45) is 0 Å². The number of likely N-dealkylation sites (tertiary alicyclic amines) is 1. The third-order valence-electron chi connectivity index (χ3n) is 5.21. The highest BCUT2D eigenvalue weighted by Crippen LogP contribution is 2.33. The van der Waals surface area contributed by atoms with E-state index in [1.807, 2.05) is 9.80 Å². The molecule has 2 aliphatic heterocycles. The van der Waals surface area contributed by atoms with Crippen molar-refractivity contribution in [2.75, 3.05) is 26.2 Å². The highest BCUT2D eigenvalue weighted by atomic mass is 16.6. The van der Waals surface area contributed by atoms with Gasteiger partial charge in [0.2, 0.25) is 0 Å². The number of unbranched alkanes of at least 4 members (excludes halogenated alkanes) is 3. The summed E-state index contributed by atoms with van der Waals surface area (Å²) in [6, 6.07) is 3.47. The number of pyridine rings is 1. The fourth-order valence-electron chi connectivity index (χ4n) is 3.65. The van der Waals surface area contributed by atoms with Crippen molar-refractivity contribution >= 4 is 12.0 Å². The maximum Gasteiger partial charge on any atom is 0.410 e. The van der Waals surface area contributed by atoms with Crippen molar-refractivity contribution in [3.63, 3.8) is 0 Å². The molecule has 0 aromatic carbocycles. The van der Waals surface area contributed by atoms with Crippen LogP contribution in [0.25, 0.3) is 0 Å². The molecule has 0 unspecified atom stereocenters. The molecule has 0 atom stereocenters. The normalized spacial score (nSPS) is 19.3. The van der Waals surface area contributed by atoms with Crippen molar-refractivity contribution in [3.05, 3.63) is 30.1 Å². The van der Waals surface area contributed by atoms with E-state index in [-0.39, 0.29) is 12.0 Å². The molecule has 0 saturated carbocycles. The molecule has 1 spiro atoms. The first-order valence-corrected chi connectivity index (χ1v) is 9.31. The third-order valence-corrected chi connectivity index (χ3v) is 5.21. The van der Waals surface area contributed by atoms with E-state index in [1.165, 1.54) is 12.8 Å². The van der Waals surface area contributed by atoms with E-state index in [4.69, 9.17) is 4.74 Å². The van der Waals surface area contributed by atoms with Gasteiger partial charge >= 0.3 is 6.09 Å². The Hall–Kier alpha value is -2.11. The molecule has 25 heavy (non-hydrogen) atoms. The second kappa shape index (κ2) is 7.85. The second-order valence-electron chi connectivity index (χ2n) is 7.06. The fraction of sp³-hybridized carbons (Fsp3) is 0.632. The summed E-state index contributed by atoms with van der Waals surface area (Å²) in [4.78, 5) is 32.3. The number of hydrogen-bond donors (Lipinski definition) is 0. The van der Waals surface area contributed by atoms with Gasteiger partial charge in [0.15, 0.2) is 0 Å². The van der Waals surface area contributed by atoms with Crippen LogP contribution in [0.2, 0.25) is 0 Å². The number of carbonyl (C=O) groups is 2. The standard InChI is InChI=1S/C19H27N3O3/c1-2-3-4-5-12-22-15-19(25-18(22)24)8-13-21(14-9-19)17(23)16-6-10-20-11-7-16/h6-7,10-11H,2-5,8-9,12-15H2,1H3. The summed E-state index contributed by atoms with van der Waals surface area (Å²) in [6.45, 7) is 4.87. The summed E-state index contributed by atoms with van der Waals surface area (Å²) < 4.78 is 5.73. The molecule has 2 saturated heterocycles. The van der Waals surface area contributed by atoms with E-state index >= 15 is 0 Å². The summed E-state index contributed by atoms with van der Waals surface area (Å²) in [5.41, 5.74) is 0.253. The fourth-order valence-corrected chi connectivity index (χ4v) is 3.65. The van der Waals surface area contributed by atoms with Crippen molar-refractivity contribution in [2.45, 2.75) is 51.0 Å². The molecular formula is C19H27N3O3. The van der Waals surface area contributed by atoms with Crippen LogP contribution in [-0.2, 0) is 4.74 Å². The molecule has 1 aromatic heterocycles. The van der Waals surface area contributed by atoms with Gasteiger partial charge in [-0.1, -0.05) is 26.2 Å². The van der Waals surface area contributed by atoms with E-state index in [0.717, 1.165) is 19.4 Å². The second-order valence-corrected chi connectivity index (χ2v) is 7.06. The number of piperidine rings is 1. The molecule has 6 heteroatoms. The first kappa shape index (κ1) is 17.7.